The summed E-state index contributed by atoms with van der Waals surface area (Å²) >= 11 is 1.27. The molecule has 0 saturated heterocycles. The Morgan fingerprint density at radius 1 is 0.967 bits per heavy atom. The number of anilines is 1. The van der Waals surface area contributed by atoms with E-state index in [1.165, 1.54) is 16.9 Å². The van der Waals surface area contributed by atoms with E-state index in [2.05, 4.69) is 33.0 Å². The number of amides is 2. The molecule has 0 bridgehead atoms. The van der Waals surface area contributed by atoms with Gasteiger partial charge in [0.25, 0.3) is 5.91 Å². The summed E-state index contributed by atoms with van der Waals surface area (Å²) in [6.45, 7) is 2.03. The van der Waals surface area contributed by atoms with Crippen molar-refractivity contribution in [2.24, 2.45) is 0 Å². The maximum atomic E-state index is 12.2. The lowest BCUT2D eigenvalue weighted by Crippen LogP contribution is -2.32. The van der Waals surface area contributed by atoms with Gasteiger partial charge in [-0.25, -0.2) is 0 Å². The third-order valence-electron chi connectivity index (χ3n) is 4.60. The van der Waals surface area contributed by atoms with E-state index in [1.54, 1.807) is 0 Å². The molecule has 0 aliphatic heterocycles. The fourth-order valence-corrected chi connectivity index (χ4v) is 3.78. The van der Waals surface area contributed by atoms with Crippen molar-refractivity contribution in [3.8, 4) is 0 Å². The number of nitrogens with one attached hydrogen (secondary N) is 2. The van der Waals surface area contributed by atoms with Crippen LogP contribution in [-0.2, 0) is 17.6 Å². The number of benzene rings is 2. The van der Waals surface area contributed by atoms with Crippen LogP contribution in [0.3, 0.4) is 0 Å². The van der Waals surface area contributed by atoms with Crippen molar-refractivity contribution >= 4 is 28.8 Å². The standard InChI is InChI=1S/C23H26N4O2S/c1-17(15-16-18-9-4-2-5-10-18)24-20(28)13-8-14-21-26-27-23(30-21)22(29)25-19-11-6-3-7-12-19/h2-7,9-12,17H,8,13-16H2,1H3,(H,24,28)(H,25,29)/t17-/m1/s1. The van der Waals surface area contributed by atoms with Crippen molar-refractivity contribution in [2.75, 3.05) is 5.32 Å². The fraction of sp³-hybridized carbons (Fsp3) is 0.304. The largest absolute Gasteiger partial charge is 0.354 e. The van der Waals surface area contributed by atoms with Gasteiger partial charge in [-0.1, -0.05) is 59.9 Å². The molecule has 6 nitrogen and oxygen atoms in total. The van der Waals surface area contributed by atoms with E-state index in [0.29, 0.717) is 24.3 Å². The van der Waals surface area contributed by atoms with E-state index < -0.39 is 0 Å². The van der Waals surface area contributed by atoms with Crippen LogP contribution in [0, 0.1) is 0 Å². The van der Waals surface area contributed by atoms with Gasteiger partial charge in [0.2, 0.25) is 10.9 Å². The number of carbonyl (C=O) groups excluding carboxylic acids is 2. The number of para-hydroxylation sites is 1. The molecule has 0 spiro atoms. The molecule has 2 aromatic carbocycles. The van der Waals surface area contributed by atoms with Crippen LogP contribution in [0.4, 0.5) is 5.69 Å². The van der Waals surface area contributed by atoms with Crippen molar-refractivity contribution in [3.63, 3.8) is 0 Å². The second-order valence-electron chi connectivity index (χ2n) is 7.17. The quantitative estimate of drug-likeness (QED) is 0.512. The summed E-state index contributed by atoms with van der Waals surface area (Å²) in [5.74, 6) is -0.225. The van der Waals surface area contributed by atoms with Gasteiger partial charge in [0.15, 0.2) is 0 Å². The van der Waals surface area contributed by atoms with Crippen molar-refractivity contribution in [1.82, 2.24) is 15.5 Å². The van der Waals surface area contributed by atoms with Crippen molar-refractivity contribution in [2.45, 2.75) is 45.1 Å². The minimum Gasteiger partial charge on any atom is -0.354 e. The first-order valence-electron chi connectivity index (χ1n) is 10.1. The molecule has 0 aliphatic carbocycles. The Bertz CT molecular complexity index is 944. The molecule has 30 heavy (non-hydrogen) atoms. The molecular formula is C23H26N4O2S. The molecule has 1 aromatic heterocycles. The number of rotatable bonds is 10. The van der Waals surface area contributed by atoms with Gasteiger partial charge in [-0.3, -0.25) is 9.59 Å². The summed E-state index contributed by atoms with van der Waals surface area (Å²) in [5.41, 5.74) is 2.00. The van der Waals surface area contributed by atoms with Gasteiger partial charge in [-0.15, -0.1) is 10.2 Å². The summed E-state index contributed by atoms with van der Waals surface area (Å²) in [7, 11) is 0. The van der Waals surface area contributed by atoms with Crippen LogP contribution >= 0.6 is 11.3 Å². The zero-order valence-corrected chi connectivity index (χ0v) is 17.8. The molecule has 0 unspecified atom stereocenters. The second kappa shape index (κ2) is 11.2. The molecular weight excluding hydrogens is 396 g/mol. The van der Waals surface area contributed by atoms with Crippen molar-refractivity contribution in [3.05, 3.63) is 76.2 Å². The fourth-order valence-electron chi connectivity index (χ4n) is 3.00. The molecule has 2 amide bonds. The monoisotopic (exact) mass is 422 g/mol. The Labute approximate surface area is 180 Å². The SMILES string of the molecule is C[C@H](CCc1ccccc1)NC(=O)CCCc1nnc(C(=O)Nc2ccccc2)s1. The lowest BCUT2D eigenvalue weighted by atomic mass is 10.1. The van der Waals surface area contributed by atoms with Gasteiger partial charge >= 0.3 is 0 Å². The molecule has 3 aromatic rings. The third kappa shape index (κ3) is 7.08. The number of hydrogen-bond acceptors (Lipinski definition) is 5. The van der Waals surface area contributed by atoms with Crippen LogP contribution in [0.25, 0.3) is 0 Å². The summed E-state index contributed by atoms with van der Waals surface area (Å²) in [4.78, 5) is 24.4. The van der Waals surface area contributed by atoms with E-state index in [9.17, 15) is 9.59 Å². The average Bonchev–Trinajstić information content (AvgIpc) is 3.23. The van der Waals surface area contributed by atoms with Gasteiger partial charge in [-0.2, -0.15) is 0 Å². The van der Waals surface area contributed by atoms with Crippen LogP contribution < -0.4 is 10.6 Å². The molecule has 1 atom stereocenters. The first kappa shape index (κ1) is 21.6. The van der Waals surface area contributed by atoms with E-state index in [0.717, 1.165) is 23.5 Å². The maximum Gasteiger partial charge on any atom is 0.286 e. The molecule has 0 fully saturated rings. The number of nitrogens with zero attached hydrogens (tertiary/aromatic N) is 2. The highest BCUT2D eigenvalue weighted by molar-refractivity contribution is 7.13. The molecule has 0 radical (unpaired) electrons. The Hall–Kier alpha value is -3.06. The van der Waals surface area contributed by atoms with Crippen LogP contribution in [0.15, 0.2) is 60.7 Å². The maximum absolute atomic E-state index is 12.2. The Morgan fingerprint density at radius 2 is 1.67 bits per heavy atom. The Morgan fingerprint density at radius 3 is 2.40 bits per heavy atom. The average molecular weight is 423 g/mol. The van der Waals surface area contributed by atoms with E-state index in [4.69, 9.17) is 0 Å². The van der Waals surface area contributed by atoms with Crippen LogP contribution in [-0.4, -0.2) is 28.1 Å². The van der Waals surface area contributed by atoms with Gasteiger partial charge in [-0.05, 0) is 43.9 Å². The summed E-state index contributed by atoms with van der Waals surface area (Å²) < 4.78 is 0. The number of aromatic nitrogens is 2. The Kier molecular flexibility index (Phi) is 8.09. The number of aryl methyl sites for hydroxylation is 2. The molecule has 1 heterocycles. The smallest absolute Gasteiger partial charge is 0.286 e. The zero-order chi connectivity index (χ0) is 21.2. The van der Waals surface area contributed by atoms with Gasteiger partial charge < -0.3 is 10.6 Å². The summed E-state index contributed by atoms with van der Waals surface area (Å²) in [6, 6.07) is 19.6. The predicted octanol–water partition coefficient (Wildman–Crippen LogP) is 4.25. The Balaban J connectivity index is 1.35. The topological polar surface area (TPSA) is 84.0 Å². The minimum atomic E-state index is -0.269. The molecule has 2 N–H and O–H groups in total. The highest BCUT2D eigenvalue weighted by atomic mass is 32.1. The normalized spacial score (nSPS) is 11.6. The van der Waals surface area contributed by atoms with Crippen LogP contribution in [0.5, 0.6) is 0 Å². The zero-order valence-electron chi connectivity index (χ0n) is 17.0. The lowest BCUT2D eigenvalue weighted by Gasteiger charge is -2.13. The van der Waals surface area contributed by atoms with Crippen LogP contribution in [0.1, 0.15) is 46.6 Å². The molecule has 3 rings (SSSR count). The van der Waals surface area contributed by atoms with Crippen LogP contribution in [0.2, 0.25) is 0 Å². The van der Waals surface area contributed by atoms with Gasteiger partial charge in [0, 0.05) is 24.6 Å². The van der Waals surface area contributed by atoms with Gasteiger partial charge in [0.1, 0.15) is 5.01 Å². The van der Waals surface area contributed by atoms with Gasteiger partial charge in [0.05, 0.1) is 0 Å². The molecule has 7 heteroatoms. The number of hydrogen-bond donors (Lipinski definition) is 2. The number of carbonyl (C=O) groups is 2. The summed E-state index contributed by atoms with van der Waals surface area (Å²) in [6.07, 6.45) is 3.59. The highest BCUT2D eigenvalue weighted by Gasteiger charge is 2.14. The van der Waals surface area contributed by atoms with E-state index in [-0.39, 0.29) is 17.9 Å². The first-order valence-corrected chi connectivity index (χ1v) is 10.9. The molecule has 156 valence electrons. The van der Waals surface area contributed by atoms with Crippen molar-refractivity contribution in [1.29, 1.82) is 0 Å². The molecule has 0 saturated carbocycles. The highest BCUT2D eigenvalue weighted by Crippen LogP contribution is 2.15. The molecule has 0 aliphatic rings. The lowest BCUT2D eigenvalue weighted by molar-refractivity contribution is -0.121. The third-order valence-corrected chi connectivity index (χ3v) is 5.59. The van der Waals surface area contributed by atoms with E-state index >= 15 is 0 Å². The van der Waals surface area contributed by atoms with E-state index in [1.807, 2.05) is 55.5 Å². The minimum absolute atomic E-state index is 0.0436. The summed E-state index contributed by atoms with van der Waals surface area (Å²) in [5, 5.41) is 15.0. The van der Waals surface area contributed by atoms with Crippen molar-refractivity contribution < 1.29 is 9.59 Å². The predicted molar refractivity (Wildman–Crippen MR) is 120 cm³/mol. The first-order chi connectivity index (χ1) is 14.6. The second-order valence-corrected chi connectivity index (χ2v) is 8.23.